The van der Waals surface area contributed by atoms with Crippen molar-refractivity contribution >= 4 is 23.1 Å². The number of benzene rings is 2. The largest absolute Gasteiger partial charge is 0.326 e. The number of anilines is 1. The van der Waals surface area contributed by atoms with Crippen LogP contribution in [0.25, 0.3) is 0 Å². The van der Waals surface area contributed by atoms with Gasteiger partial charge >= 0.3 is 0 Å². The van der Waals surface area contributed by atoms with E-state index in [1.807, 2.05) is 6.07 Å². The lowest BCUT2D eigenvalue weighted by Gasteiger charge is -2.10. The van der Waals surface area contributed by atoms with Crippen LogP contribution in [0.4, 0.5) is 11.4 Å². The second kappa shape index (κ2) is 7.15. The molecule has 0 aromatic heterocycles. The van der Waals surface area contributed by atoms with E-state index in [-0.39, 0.29) is 17.5 Å². The zero-order valence-corrected chi connectivity index (χ0v) is 13.7. The number of Topliss-reactive ketones (excluding diaryl/α,β-unsaturated/α-hetero) is 1. The maximum Gasteiger partial charge on any atom is 0.269 e. The summed E-state index contributed by atoms with van der Waals surface area (Å²) in [6.07, 6.45) is 1.81. The molecule has 1 N–H and O–H groups in total. The Morgan fingerprint density at radius 1 is 1.12 bits per heavy atom. The van der Waals surface area contributed by atoms with Gasteiger partial charge in [-0.15, -0.1) is 0 Å². The summed E-state index contributed by atoms with van der Waals surface area (Å²) < 4.78 is 0. The topological polar surface area (TPSA) is 113 Å². The maximum atomic E-state index is 12.6. The number of nitro benzene ring substituents is 1. The summed E-state index contributed by atoms with van der Waals surface area (Å²) >= 11 is 0. The van der Waals surface area contributed by atoms with Gasteiger partial charge in [-0.2, -0.15) is 5.26 Å². The van der Waals surface area contributed by atoms with Gasteiger partial charge in [0.25, 0.3) is 5.69 Å². The first-order valence-electron chi connectivity index (χ1n) is 8.08. The number of non-ortho nitro benzene ring substituents is 1. The molecule has 0 spiro atoms. The highest BCUT2D eigenvalue weighted by molar-refractivity contribution is 6.03. The van der Waals surface area contributed by atoms with Crippen molar-refractivity contribution in [1.29, 1.82) is 5.26 Å². The first-order chi connectivity index (χ1) is 12.5. The minimum Gasteiger partial charge on any atom is -0.326 e. The van der Waals surface area contributed by atoms with Gasteiger partial charge in [0.2, 0.25) is 5.91 Å². The van der Waals surface area contributed by atoms with E-state index in [0.717, 1.165) is 12.8 Å². The Hall–Kier alpha value is -3.53. The van der Waals surface area contributed by atoms with Gasteiger partial charge in [-0.05, 0) is 42.7 Å². The molecule has 2 aromatic rings. The number of carbonyl (C=O) groups is 2. The van der Waals surface area contributed by atoms with Gasteiger partial charge in [-0.25, -0.2) is 0 Å². The summed E-state index contributed by atoms with van der Waals surface area (Å²) in [6, 6.07) is 13.7. The Kier molecular flexibility index (Phi) is 4.76. The molecule has 1 fully saturated rings. The Balaban J connectivity index is 1.74. The van der Waals surface area contributed by atoms with E-state index in [2.05, 4.69) is 5.32 Å². The summed E-state index contributed by atoms with van der Waals surface area (Å²) in [7, 11) is 0. The molecule has 0 radical (unpaired) electrons. The van der Waals surface area contributed by atoms with Gasteiger partial charge in [0, 0.05) is 29.3 Å². The number of nitrogens with one attached hydrogen (secondary N) is 1. The van der Waals surface area contributed by atoms with Crippen LogP contribution in [0, 0.1) is 27.4 Å². The van der Waals surface area contributed by atoms with Crippen LogP contribution >= 0.6 is 0 Å². The van der Waals surface area contributed by atoms with Crippen LogP contribution in [0.3, 0.4) is 0 Å². The number of rotatable bonds is 6. The normalized spacial score (nSPS) is 14.1. The van der Waals surface area contributed by atoms with Crippen molar-refractivity contribution in [2.45, 2.75) is 18.8 Å². The molecule has 7 heteroatoms. The van der Waals surface area contributed by atoms with Gasteiger partial charge in [0.1, 0.15) is 5.92 Å². The molecular formula is C19H15N3O4. The van der Waals surface area contributed by atoms with Gasteiger partial charge in [-0.3, -0.25) is 19.7 Å². The summed E-state index contributed by atoms with van der Waals surface area (Å²) in [6.45, 7) is 0. The summed E-state index contributed by atoms with van der Waals surface area (Å²) in [4.78, 5) is 34.5. The number of carbonyl (C=O) groups excluding carboxylic acids is 2. The molecule has 26 heavy (non-hydrogen) atoms. The molecule has 0 bridgehead atoms. The third-order valence-corrected chi connectivity index (χ3v) is 4.21. The highest BCUT2D eigenvalue weighted by Crippen LogP contribution is 2.30. The quantitative estimate of drug-likeness (QED) is 0.487. The Bertz CT molecular complexity index is 894. The number of hydrogen-bond acceptors (Lipinski definition) is 5. The molecule has 3 rings (SSSR count). The lowest BCUT2D eigenvalue weighted by Crippen LogP contribution is -2.14. The van der Waals surface area contributed by atoms with Crippen LogP contribution in [0.15, 0.2) is 48.5 Å². The molecule has 1 aliphatic rings. The van der Waals surface area contributed by atoms with Crippen LogP contribution in [0.2, 0.25) is 0 Å². The van der Waals surface area contributed by atoms with Crippen LogP contribution in [0.1, 0.15) is 34.7 Å². The van der Waals surface area contributed by atoms with Gasteiger partial charge in [0.05, 0.1) is 11.0 Å². The number of hydrogen-bond donors (Lipinski definition) is 1. The first kappa shape index (κ1) is 17.3. The third kappa shape index (κ3) is 3.75. The number of ketones is 1. The van der Waals surface area contributed by atoms with Crippen molar-refractivity contribution < 1.29 is 14.5 Å². The molecule has 1 atom stereocenters. The van der Waals surface area contributed by atoms with Gasteiger partial charge in [0.15, 0.2) is 5.78 Å². The van der Waals surface area contributed by atoms with Crippen LogP contribution in [-0.4, -0.2) is 16.6 Å². The molecule has 1 amide bonds. The van der Waals surface area contributed by atoms with Crippen LogP contribution < -0.4 is 5.32 Å². The van der Waals surface area contributed by atoms with Crippen LogP contribution in [-0.2, 0) is 4.79 Å². The zero-order valence-electron chi connectivity index (χ0n) is 13.7. The molecule has 2 aromatic carbocycles. The molecule has 130 valence electrons. The Labute approximate surface area is 149 Å². The molecule has 1 unspecified atom stereocenters. The number of nitrogens with zero attached hydrogens (tertiary/aromatic N) is 2. The maximum absolute atomic E-state index is 12.6. The number of nitriles is 1. The van der Waals surface area contributed by atoms with E-state index in [9.17, 15) is 25.0 Å². The molecule has 0 heterocycles. The first-order valence-corrected chi connectivity index (χ1v) is 8.08. The molecular weight excluding hydrogens is 334 g/mol. The van der Waals surface area contributed by atoms with E-state index in [0.29, 0.717) is 16.8 Å². The van der Waals surface area contributed by atoms with Gasteiger partial charge < -0.3 is 5.32 Å². The van der Waals surface area contributed by atoms with Gasteiger partial charge in [-0.1, -0.05) is 12.1 Å². The smallest absolute Gasteiger partial charge is 0.269 e. The Morgan fingerprint density at radius 2 is 1.73 bits per heavy atom. The standard InChI is InChI=1S/C19H15N3O4/c20-11-17(12-5-9-16(10-6-12)22(25)26)18(23)13-3-7-15(8-4-13)21-19(24)14-1-2-14/h3-10,14,17H,1-2H2,(H,21,24). The fourth-order valence-electron chi connectivity index (χ4n) is 2.55. The van der Waals surface area contributed by atoms with Crippen LogP contribution in [0.5, 0.6) is 0 Å². The molecule has 0 aliphatic heterocycles. The second-order valence-corrected chi connectivity index (χ2v) is 6.12. The van der Waals surface area contributed by atoms with Crippen molar-refractivity contribution in [2.24, 2.45) is 5.92 Å². The Morgan fingerprint density at radius 3 is 2.23 bits per heavy atom. The minimum atomic E-state index is -1.05. The zero-order chi connectivity index (χ0) is 18.7. The number of amides is 1. The van der Waals surface area contributed by atoms with Crippen molar-refractivity contribution in [3.63, 3.8) is 0 Å². The average Bonchev–Trinajstić information content (AvgIpc) is 3.48. The van der Waals surface area contributed by atoms with E-state index >= 15 is 0 Å². The number of nitro groups is 1. The lowest BCUT2D eigenvalue weighted by atomic mass is 9.91. The summed E-state index contributed by atoms with van der Waals surface area (Å²) in [5.74, 6) is -1.39. The fraction of sp³-hybridized carbons (Fsp3) is 0.211. The average molecular weight is 349 g/mol. The molecule has 1 saturated carbocycles. The fourth-order valence-corrected chi connectivity index (χ4v) is 2.55. The molecule has 7 nitrogen and oxygen atoms in total. The van der Waals surface area contributed by atoms with Crippen molar-refractivity contribution in [2.75, 3.05) is 5.32 Å². The van der Waals surface area contributed by atoms with E-state index in [4.69, 9.17) is 0 Å². The van der Waals surface area contributed by atoms with Crippen molar-refractivity contribution in [3.8, 4) is 6.07 Å². The monoisotopic (exact) mass is 349 g/mol. The summed E-state index contributed by atoms with van der Waals surface area (Å²) in [5.41, 5.74) is 1.23. The lowest BCUT2D eigenvalue weighted by molar-refractivity contribution is -0.384. The second-order valence-electron chi connectivity index (χ2n) is 6.12. The minimum absolute atomic E-state index is 0.0233. The summed E-state index contributed by atoms with van der Waals surface area (Å²) in [5, 5.41) is 22.9. The molecule has 1 aliphatic carbocycles. The van der Waals surface area contributed by atoms with E-state index in [1.165, 1.54) is 24.3 Å². The highest BCUT2D eigenvalue weighted by Gasteiger charge is 2.29. The van der Waals surface area contributed by atoms with E-state index in [1.54, 1.807) is 24.3 Å². The van der Waals surface area contributed by atoms with Crippen molar-refractivity contribution in [3.05, 3.63) is 69.8 Å². The third-order valence-electron chi connectivity index (χ3n) is 4.21. The molecule has 0 saturated heterocycles. The predicted molar refractivity (Wildman–Crippen MR) is 93.6 cm³/mol. The SMILES string of the molecule is N#CC(C(=O)c1ccc(NC(=O)C2CC2)cc1)c1ccc([N+](=O)[O-])cc1. The van der Waals surface area contributed by atoms with E-state index < -0.39 is 16.6 Å². The van der Waals surface area contributed by atoms with Crippen molar-refractivity contribution in [1.82, 2.24) is 0 Å². The highest BCUT2D eigenvalue weighted by atomic mass is 16.6. The predicted octanol–water partition coefficient (Wildman–Crippen LogP) is 3.43.